The molecule has 134 valence electrons. The average molecular weight is 359 g/mol. The van der Waals surface area contributed by atoms with E-state index in [4.69, 9.17) is 5.84 Å². The van der Waals surface area contributed by atoms with Gasteiger partial charge in [-0.1, -0.05) is 55.8 Å². The highest BCUT2D eigenvalue weighted by molar-refractivity contribution is 7.99. The Morgan fingerprint density at radius 3 is 2.84 bits per heavy atom. The van der Waals surface area contributed by atoms with Crippen LogP contribution in [0.5, 0.6) is 0 Å². The van der Waals surface area contributed by atoms with E-state index in [1.165, 1.54) is 35.7 Å². The van der Waals surface area contributed by atoms with Crippen LogP contribution in [0.15, 0.2) is 29.4 Å². The second-order valence-corrected chi connectivity index (χ2v) is 7.66. The normalized spacial score (nSPS) is 20.4. The average Bonchev–Trinajstić information content (AvgIpc) is 2.96. The molecule has 1 fully saturated rings. The molecule has 1 aliphatic rings. The van der Waals surface area contributed by atoms with E-state index in [0.29, 0.717) is 28.7 Å². The summed E-state index contributed by atoms with van der Waals surface area (Å²) in [6, 6.07) is 8.19. The summed E-state index contributed by atoms with van der Waals surface area (Å²) in [6.07, 6.45) is 4.72. The van der Waals surface area contributed by atoms with Gasteiger partial charge >= 0.3 is 0 Å². The van der Waals surface area contributed by atoms with Crippen molar-refractivity contribution in [2.45, 2.75) is 50.7 Å². The molecule has 0 spiro atoms. The first-order chi connectivity index (χ1) is 12.1. The second-order valence-electron chi connectivity index (χ2n) is 6.72. The molecule has 3 rings (SSSR count). The lowest BCUT2D eigenvalue weighted by Gasteiger charge is -2.29. The van der Waals surface area contributed by atoms with Crippen molar-refractivity contribution >= 4 is 17.7 Å². The SMILES string of the molecule is Cc1ccccc1-c1nnc(SCC(=O)N[C@@H]2CCCC[C@@H]2C)n1N. The number of carbonyl (C=O) groups excluding carboxylic acids is 1. The van der Waals surface area contributed by atoms with Gasteiger partial charge in [-0.05, 0) is 31.2 Å². The standard InChI is InChI=1S/C18H25N5OS/c1-12-7-3-5-9-14(12)17-21-22-18(23(17)19)25-11-16(24)20-15-10-6-4-8-13(15)2/h3,5,7,9,13,15H,4,6,8,10-11,19H2,1-2H3,(H,20,24)/t13-,15+/m0/s1. The third-order valence-electron chi connectivity index (χ3n) is 4.84. The van der Waals surface area contributed by atoms with E-state index in [1.54, 1.807) is 0 Å². The molecule has 1 aromatic heterocycles. The van der Waals surface area contributed by atoms with Gasteiger partial charge in [-0.3, -0.25) is 4.79 Å². The monoisotopic (exact) mass is 359 g/mol. The summed E-state index contributed by atoms with van der Waals surface area (Å²) in [4.78, 5) is 12.2. The number of nitrogens with zero attached hydrogens (tertiary/aromatic N) is 3. The quantitative estimate of drug-likeness (QED) is 0.633. The molecule has 1 amide bonds. The Balaban J connectivity index is 1.60. The predicted molar refractivity (Wildman–Crippen MR) is 101 cm³/mol. The predicted octanol–water partition coefficient (Wildman–Crippen LogP) is 2.75. The van der Waals surface area contributed by atoms with Crippen LogP contribution in [-0.2, 0) is 4.79 Å². The Morgan fingerprint density at radius 1 is 1.32 bits per heavy atom. The van der Waals surface area contributed by atoms with Gasteiger partial charge in [0.2, 0.25) is 11.1 Å². The minimum absolute atomic E-state index is 0.0317. The molecule has 2 atom stereocenters. The number of hydrogen-bond acceptors (Lipinski definition) is 5. The molecule has 0 unspecified atom stereocenters. The fourth-order valence-electron chi connectivity index (χ4n) is 3.29. The number of benzene rings is 1. The number of rotatable bonds is 5. The summed E-state index contributed by atoms with van der Waals surface area (Å²) in [5.41, 5.74) is 2.03. The zero-order valence-corrected chi connectivity index (χ0v) is 15.6. The largest absolute Gasteiger partial charge is 0.352 e. The first-order valence-corrected chi connectivity index (χ1v) is 9.73. The molecule has 2 aromatic rings. The Bertz CT molecular complexity index is 745. The molecular weight excluding hydrogens is 334 g/mol. The van der Waals surface area contributed by atoms with Gasteiger partial charge in [-0.2, -0.15) is 0 Å². The second kappa shape index (κ2) is 7.91. The number of aryl methyl sites for hydroxylation is 1. The summed E-state index contributed by atoms with van der Waals surface area (Å²) >= 11 is 1.32. The van der Waals surface area contributed by atoms with Gasteiger partial charge in [-0.15, -0.1) is 10.2 Å². The van der Waals surface area contributed by atoms with Gasteiger partial charge < -0.3 is 11.2 Å². The van der Waals surface area contributed by atoms with E-state index >= 15 is 0 Å². The minimum atomic E-state index is 0.0317. The zero-order chi connectivity index (χ0) is 17.8. The maximum absolute atomic E-state index is 12.2. The molecule has 0 saturated heterocycles. The number of hydrogen-bond donors (Lipinski definition) is 2. The van der Waals surface area contributed by atoms with Crippen LogP contribution in [0.4, 0.5) is 0 Å². The lowest BCUT2D eigenvalue weighted by Crippen LogP contribution is -2.41. The highest BCUT2D eigenvalue weighted by Crippen LogP contribution is 2.25. The van der Waals surface area contributed by atoms with Crippen LogP contribution in [0.1, 0.15) is 38.2 Å². The van der Waals surface area contributed by atoms with E-state index < -0.39 is 0 Å². The number of aromatic nitrogens is 3. The Kier molecular flexibility index (Phi) is 5.63. The minimum Gasteiger partial charge on any atom is -0.352 e. The van der Waals surface area contributed by atoms with Crippen molar-refractivity contribution in [3.8, 4) is 11.4 Å². The molecule has 0 bridgehead atoms. The first kappa shape index (κ1) is 17.8. The van der Waals surface area contributed by atoms with Crippen LogP contribution in [0.2, 0.25) is 0 Å². The fraction of sp³-hybridized carbons (Fsp3) is 0.500. The van der Waals surface area contributed by atoms with E-state index in [2.05, 4.69) is 22.4 Å². The van der Waals surface area contributed by atoms with Crippen LogP contribution >= 0.6 is 11.8 Å². The van der Waals surface area contributed by atoms with Crippen LogP contribution in [0.25, 0.3) is 11.4 Å². The summed E-state index contributed by atoms with van der Waals surface area (Å²) in [7, 11) is 0. The van der Waals surface area contributed by atoms with E-state index in [0.717, 1.165) is 17.5 Å². The van der Waals surface area contributed by atoms with Gasteiger partial charge in [-0.25, -0.2) is 4.68 Å². The van der Waals surface area contributed by atoms with E-state index in [1.807, 2.05) is 31.2 Å². The molecule has 1 heterocycles. The van der Waals surface area contributed by atoms with Gasteiger partial charge in [0.15, 0.2) is 5.82 Å². The third kappa shape index (κ3) is 4.15. The third-order valence-corrected chi connectivity index (χ3v) is 5.78. The van der Waals surface area contributed by atoms with Gasteiger partial charge in [0.25, 0.3) is 0 Å². The summed E-state index contributed by atoms with van der Waals surface area (Å²) in [5, 5.41) is 12.0. The summed E-state index contributed by atoms with van der Waals surface area (Å²) < 4.78 is 1.46. The van der Waals surface area contributed by atoms with Crippen molar-refractivity contribution in [1.82, 2.24) is 20.2 Å². The number of nitrogen functional groups attached to an aromatic ring is 1. The first-order valence-electron chi connectivity index (χ1n) is 8.75. The van der Waals surface area contributed by atoms with Crippen molar-refractivity contribution in [1.29, 1.82) is 0 Å². The van der Waals surface area contributed by atoms with Crippen molar-refractivity contribution < 1.29 is 4.79 Å². The van der Waals surface area contributed by atoms with Crippen molar-refractivity contribution in [3.63, 3.8) is 0 Å². The molecule has 1 saturated carbocycles. The van der Waals surface area contributed by atoms with E-state index in [9.17, 15) is 4.79 Å². The number of nitrogens with two attached hydrogens (primary N) is 1. The lowest BCUT2D eigenvalue weighted by molar-refractivity contribution is -0.119. The molecular formula is C18H25N5OS. The number of nitrogens with one attached hydrogen (secondary N) is 1. The summed E-state index contributed by atoms with van der Waals surface area (Å²) in [5.74, 6) is 7.63. The molecule has 0 radical (unpaired) electrons. The molecule has 0 aliphatic heterocycles. The Labute approximate surface area is 152 Å². The number of amides is 1. The number of thioether (sulfide) groups is 1. The molecule has 6 nitrogen and oxygen atoms in total. The van der Waals surface area contributed by atoms with E-state index in [-0.39, 0.29) is 5.91 Å². The molecule has 1 aromatic carbocycles. The van der Waals surface area contributed by atoms with Crippen molar-refractivity contribution in [3.05, 3.63) is 29.8 Å². The van der Waals surface area contributed by atoms with Crippen LogP contribution in [-0.4, -0.2) is 32.6 Å². The highest BCUT2D eigenvalue weighted by Gasteiger charge is 2.23. The van der Waals surface area contributed by atoms with Crippen molar-refractivity contribution in [2.75, 3.05) is 11.6 Å². The lowest BCUT2D eigenvalue weighted by atomic mass is 9.86. The maximum atomic E-state index is 12.2. The van der Waals surface area contributed by atoms with Gasteiger partial charge in [0.05, 0.1) is 5.75 Å². The Morgan fingerprint density at radius 2 is 2.08 bits per heavy atom. The van der Waals surface area contributed by atoms with Gasteiger partial charge in [0.1, 0.15) is 0 Å². The van der Waals surface area contributed by atoms with Gasteiger partial charge in [0, 0.05) is 11.6 Å². The topological polar surface area (TPSA) is 85.8 Å². The fourth-order valence-corrected chi connectivity index (χ4v) is 3.96. The maximum Gasteiger partial charge on any atom is 0.230 e. The molecule has 25 heavy (non-hydrogen) atoms. The van der Waals surface area contributed by atoms with Crippen LogP contribution < -0.4 is 11.2 Å². The van der Waals surface area contributed by atoms with Crippen molar-refractivity contribution in [2.24, 2.45) is 5.92 Å². The smallest absolute Gasteiger partial charge is 0.230 e. The highest BCUT2D eigenvalue weighted by atomic mass is 32.2. The molecule has 1 aliphatic carbocycles. The molecule has 3 N–H and O–H groups in total. The molecule has 7 heteroatoms. The van der Waals surface area contributed by atoms with Crippen LogP contribution in [0.3, 0.4) is 0 Å². The Hall–Kier alpha value is -2.02. The summed E-state index contributed by atoms with van der Waals surface area (Å²) in [6.45, 7) is 4.22. The number of carbonyl (C=O) groups is 1. The zero-order valence-electron chi connectivity index (χ0n) is 14.7. The van der Waals surface area contributed by atoms with Crippen LogP contribution in [0, 0.1) is 12.8 Å².